The number of anilines is 1. The molecule has 2 aromatic rings. The zero-order chi connectivity index (χ0) is 35.5. The minimum Gasteiger partial charge on any atom is -0.385 e. The van der Waals surface area contributed by atoms with Crippen molar-refractivity contribution in [2.24, 2.45) is 0 Å². The molecule has 0 bridgehead atoms. The van der Waals surface area contributed by atoms with Crippen molar-refractivity contribution in [3.05, 3.63) is 83.6 Å². The third kappa shape index (κ3) is 8.14. The predicted molar refractivity (Wildman–Crippen MR) is 181 cm³/mol. The van der Waals surface area contributed by atoms with Crippen molar-refractivity contribution >= 4 is 47.4 Å². The van der Waals surface area contributed by atoms with E-state index in [0.29, 0.717) is 48.7 Å². The van der Waals surface area contributed by atoms with Crippen molar-refractivity contribution in [1.82, 2.24) is 0 Å². The minimum absolute atomic E-state index is 0.0772. The Balaban J connectivity index is 1.73. The molecule has 16 heteroatoms. The maximum Gasteiger partial charge on any atom is 0.294 e. The van der Waals surface area contributed by atoms with Crippen LogP contribution in [0.4, 0.5) is 11.4 Å². The van der Waals surface area contributed by atoms with Gasteiger partial charge in [-0.3, -0.25) is 13.7 Å². The third-order valence-electron chi connectivity index (χ3n) is 8.90. The summed E-state index contributed by atoms with van der Waals surface area (Å²) < 4.78 is 112. The van der Waals surface area contributed by atoms with Gasteiger partial charge in [-0.2, -0.15) is 29.8 Å². The summed E-state index contributed by atoms with van der Waals surface area (Å²) in [6.07, 6.45) is 9.89. The summed E-state index contributed by atoms with van der Waals surface area (Å²) in [4.78, 5) is -0.502. The standard InChI is InChI=1S/C32H40N2O11S3/c1-31(16-18-44-3)25-21-23(47(38,39)40)11-13-27(25)33-29(31)9-6-5-7-10-30-32(2,15-8-20-46(35,36)37)26-22-24(48(41,42)43)12-14-28(26)34(30)17-19-45-4/h5-7,9-14,21-22H,8,15-20H2,1-4H3,(H3,35,36,37,38,39,40,41,42,43)/p+1. The number of hydrogen-bond donors (Lipinski definition) is 4. The summed E-state index contributed by atoms with van der Waals surface area (Å²) in [5, 5.41) is 3.34. The molecular formula is C32H41N2O11S3+. The van der Waals surface area contributed by atoms with Crippen LogP contribution in [0.2, 0.25) is 0 Å². The number of nitrogens with zero attached hydrogens (tertiary/aromatic N) is 1. The number of methoxy groups -OCH3 is 2. The van der Waals surface area contributed by atoms with Gasteiger partial charge < -0.3 is 14.8 Å². The summed E-state index contributed by atoms with van der Waals surface area (Å²) >= 11 is 0. The summed E-state index contributed by atoms with van der Waals surface area (Å²) in [5.74, 6) is -0.485. The lowest BCUT2D eigenvalue weighted by Gasteiger charge is -2.26. The molecule has 0 saturated carbocycles. The number of rotatable bonds is 15. The van der Waals surface area contributed by atoms with Crippen molar-refractivity contribution in [1.29, 1.82) is 0 Å². The molecular weight excluding hydrogens is 685 g/mol. The van der Waals surface area contributed by atoms with Crippen LogP contribution in [0.25, 0.3) is 0 Å². The summed E-state index contributed by atoms with van der Waals surface area (Å²) in [7, 11) is -10.1. The lowest BCUT2D eigenvalue weighted by Crippen LogP contribution is -2.32. The largest absolute Gasteiger partial charge is 0.385 e. The SMILES string of the molecule is COCC[N+]1=C(/C=C/C=C/C=C2/Nc3ccc(S(=O)(=O)O)cc3C2(C)CCOC)C(C)(CCCS(=O)(=O)O)c2cc(S(=O)(=O)O)ccc21. The molecule has 2 atom stereocenters. The van der Waals surface area contributed by atoms with E-state index in [9.17, 15) is 38.9 Å². The van der Waals surface area contributed by atoms with Crippen LogP contribution < -0.4 is 5.32 Å². The van der Waals surface area contributed by atoms with Crippen LogP contribution in [0.15, 0.2) is 82.3 Å². The molecule has 2 aromatic carbocycles. The van der Waals surface area contributed by atoms with E-state index >= 15 is 0 Å². The fraction of sp³-hybridized carbons (Fsp3) is 0.406. The summed E-state index contributed by atoms with van der Waals surface area (Å²) in [5.41, 5.74) is 2.58. The first-order valence-electron chi connectivity index (χ1n) is 15.0. The van der Waals surface area contributed by atoms with E-state index in [1.54, 1.807) is 44.6 Å². The zero-order valence-corrected chi connectivity index (χ0v) is 29.5. The van der Waals surface area contributed by atoms with E-state index in [1.807, 2.05) is 30.6 Å². The molecule has 4 N–H and O–H groups in total. The van der Waals surface area contributed by atoms with Gasteiger partial charge in [-0.25, -0.2) is 0 Å². The van der Waals surface area contributed by atoms with Crippen molar-refractivity contribution in [2.45, 2.75) is 53.7 Å². The molecule has 0 saturated heterocycles. The van der Waals surface area contributed by atoms with Gasteiger partial charge in [-0.05, 0) is 75.1 Å². The molecule has 2 heterocycles. The van der Waals surface area contributed by atoms with Gasteiger partial charge in [-0.15, -0.1) is 0 Å². The monoisotopic (exact) mass is 725 g/mol. The first-order valence-corrected chi connectivity index (χ1v) is 19.5. The van der Waals surface area contributed by atoms with Gasteiger partial charge in [0.25, 0.3) is 30.4 Å². The van der Waals surface area contributed by atoms with Crippen LogP contribution in [-0.4, -0.2) is 88.9 Å². The lowest BCUT2D eigenvalue weighted by molar-refractivity contribution is -0.441. The van der Waals surface area contributed by atoms with E-state index in [4.69, 9.17) is 9.47 Å². The average molecular weight is 726 g/mol. The summed E-state index contributed by atoms with van der Waals surface area (Å²) in [6, 6.07) is 8.67. The first-order chi connectivity index (χ1) is 22.3. The molecule has 13 nitrogen and oxygen atoms in total. The van der Waals surface area contributed by atoms with Gasteiger partial charge in [0, 0.05) is 55.3 Å². The van der Waals surface area contributed by atoms with E-state index < -0.39 is 46.9 Å². The highest BCUT2D eigenvalue weighted by molar-refractivity contribution is 7.86. The van der Waals surface area contributed by atoms with Crippen molar-refractivity contribution in [3.63, 3.8) is 0 Å². The van der Waals surface area contributed by atoms with Crippen molar-refractivity contribution < 1.29 is 53.0 Å². The van der Waals surface area contributed by atoms with Gasteiger partial charge in [0.15, 0.2) is 12.3 Å². The third-order valence-corrected chi connectivity index (χ3v) is 11.4. The van der Waals surface area contributed by atoms with Crippen LogP contribution in [0, 0.1) is 0 Å². The Morgan fingerprint density at radius 1 is 0.792 bits per heavy atom. The predicted octanol–water partition coefficient (Wildman–Crippen LogP) is 4.27. The Bertz CT molecular complexity index is 2020. The Hall–Kier alpha value is -3.22. The molecule has 2 aliphatic heterocycles. The fourth-order valence-electron chi connectivity index (χ4n) is 6.33. The van der Waals surface area contributed by atoms with Crippen molar-refractivity contribution in [3.8, 4) is 0 Å². The highest BCUT2D eigenvalue weighted by atomic mass is 32.2. The second-order valence-electron chi connectivity index (χ2n) is 12.1. The van der Waals surface area contributed by atoms with E-state index in [1.165, 1.54) is 24.3 Å². The van der Waals surface area contributed by atoms with Crippen LogP contribution in [-0.2, 0) is 50.7 Å². The fourth-order valence-corrected chi connectivity index (χ4v) is 7.85. The molecule has 0 amide bonds. The van der Waals surface area contributed by atoms with Crippen molar-refractivity contribution in [2.75, 3.05) is 45.0 Å². The number of ether oxygens (including phenoxy) is 2. The maximum atomic E-state index is 12.0. The van der Waals surface area contributed by atoms with Gasteiger partial charge in [0.1, 0.15) is 6.61 Å². The molecule has 2 aliphatic rings. The normalized spacial score (nSPS) is 22.2. The van der Waals surface area contributed by atoms with Crippen LogP contribution in [0.3, 0.4) is 0 Å². The van der Waals surface area contributed by atoms with E-state index in [2.05, 4.69) is 5.32 Å². The van der Waals surface area contributed by atoms with Gasteiger partial charge in [0.05, 0.1) is 21.0 Å². The number of hydrogen-bond acceptors (Lipinski definition) is 9. The highest BCUT2D eigenvalue weighted by Gasteiger charge is 2.48. The van der Waals surface area contributed by atoms with Crippen LogP contribution in [0.1, 0.15) is 44.2 Å². The number of allylic oxidation sites excluding steroid dienone is 6. The Labute approximate surface area is 281 Å². The van der Waals surface area contributed by atoms with Crippen LogP contribution in [0.5, 0.6) is 0 Å². The molecule has 0 aliphatic carbocycles. The average Bonchev–Trinajstić information content (AvgIpc) is 3.40. The molecule has 0 spiro atoms. The number of benzene rings is 2. The molecule has 4 rings (SSSR count). The van der Waals surface area contributed by atoms with Gasteiger partial charge in [-0.1, -0.05) is 18.2 Å². The van der Waals surface area contributed by atoms with Gasteiger partial charge in [0.2, 0.25) is 5.69 Å². The lowest BCUT2D eigenvalue weighted by atomic mass is 9.76. The second-order valence-corrected chi connectivity index (χ2v) is 16.5. The topological polar surface area (TPSA) is 197 Å². The second kappa shape index (κ2) is 14.3. The molecule has 0 radical (unpaired) electrons. The number of nitrogens with one attached hydrogen (secondary N) is 1. The van der Waals surface area contributed by atoms with E-state index in [0.717, 1.165) is 11.4 Å². The Morgan fingerprint density at radius 2 is 1.42 bits per heavy atom. The first kappa shape index (κ1) is 37.6. The smallest absolute Gasteiger partial charge is 0.294 e. The highest BCUT2D eigenvalue weighted by Crippen LogP contribution is 2.47. The quantitative estimate of drug-likeness (QED) is 0.116. The van der Waals surface area contributed by atoms with E-state index in [-0.39, 0.29) is 22.6 Å². The molecule has 2 unspecified atom stereocenters. The maximum absolute atomic E-state index is 12.0. The molecule has 0 aromatic heterocycles. The minimum atomic E-state index is -4.53. The van der Waals surface area contributed by atoms with Gasteiger partial charge >= 0.3 is 0 Å². The molecule has 0 fully saturated rings. The van der Waals surface area contributed by atoms with Crippen LogP contribution >= 0.6 is 0 Å². The Morgan fingerprint density at radius 3 is 2.02 bits per heavy atom. The molecule has 48 heavy (non-hydrogen) atoms. The molecule has 262 valence electrons. The zero-order valence-electron chi connectivity index (χ0n) is 27.1. The number of fused-ring (bicyclic) bond motifs is 2. The Kier molecular flexibility index (Phi) is 11.2. The summed E-state index contributed by atoms with van der Waals surface area (Å²) in [6.45, 7) is 4.91.